The van der Waals surface area contributed by atoms with Crippen LogP contribution in [-0.4, -0.2) is 36.3 Å². The number of aromatic nitrogens is 5. The van der Waals surface area contributed by atoms with Gasteiger partial charge in [0, 0.05) is 18.3 Å². The van der Waals surface area contributed by atoms with Crippen LogP contribution in [0.4, 0.5) is 0 Å². The van der Waals surface area contributed by atoms with Gasteiger partial charge in [0.15, 0.2) is 0 Å². The van der Waals surface area contributed by atoms with Crippen LogP contribution in [0.3, 0.4) is 0 Å². The van der Waals surface area contributed by atoms with Crippen molar-refractivity contribution >= 4 is 0 Å². The highest BCUT2D eigenvalue weighted by atomic mass is 16.5. The van der Waals surface area contributed by atoms with Crippen molar-refractivity contribution in [3.05, 3.63) is 76.4 Å². The molecule has 0 bridgehead atoms. The molecule has 1 aromatic carbocycles. The van der Waals surface area contributed by atoms with Crippen molar-refractivity contribution in [1.29, 1.82) is 0 Å². The number of benzene rings is 1. The van der Waals surface area contributed by atoms with Crippen molar-refractivity contribution in [3.63, 3.8) is 0 Å². The Hall–Kier alpha value is -3.75. The Morgan fingerprint density at radius 1 is 1.17 bits per heavy atom. The van der Waals surface area contributed by atoms with Gasteiger partial charge in [0.1, 0.15) is 11.5 Å². The number of nitrogens with zero attached hydrogens (tertiary/aromatic N) is 5. The summed E-state index contributed by atoms with van der Waals surface area (Å²) in [6.45, 7) is 2.69. The van der Waals surface area contributed by atoms with E-state index in [4.69, 9.17) is 9.26 Å². The van der Waals surface area contributed by atoms with E-state index in [0.717, 1.165) is 16.9 Å². The summed E-state index contributed by atoms with van der Waals surface area (Å²) in [7, 11) is 1.62. The van der Waals surface area contributed by atoms with Gasteiger partial charge in [0.2, 0.25) is 5.88 Å². The molecule has 0 amide bonds. The third-order valence-electron chi connectivity index (χ3n) is 4.81. The summed E-state index contributed by atoms with van der Waals surface area (Å²) in [6.07, 6.45) is 6.89. The molecule has 4 rings (SSSR count). The Labute approximate surface area is 166 Å². The molecule has 0 aliphatic rings. The highest BCUT2D eigenvalue weighted by molar-refractivity contribution is 5.34. The molecular formula is C20H21N5O4. The fourth-order valence-electron chi connectivity index (χ4n) is 3.23. The van der Waals surface area contributed by atoms with E-state index in [1.54, 1.807) is 24.2 Å². The highest BCUT2D eigenvalue weighted by Gasteiger charge is 2.15. The predicted molar refractivity (Wildman–Crippen MR) is 105 cm³/mol. The van der Waals surface area contributed by atoms with Crippen molar-refractivity contribution in [3.8, 4) is 17.3 Å². The minimum absolute atomic E-state index is 0.143. The molecule has 9 nitrogen and oxygen atoms in total. The number of rotatable bonds is 7. The molecule has 3 heterocycles. The molecule has 0 spiro atoms. The smallest absolute Gasteiger partial charge is 0.335 e. The van der Waals surface area contributed by atoms with Crippen molar-refractivity contribution in [2.45, 2.75) is 26.4 Å². The van der Waals surface area contributed by atoms with Gasteiger partial charge in [-0.15, -0.1) is 0 Å². The molecule has 0 aliphatic carbocycles. The second-order valence-corrected chi connectivity index (χ2v) is 6.66. The fourth-order valence-corrected chi connectivity index (χ4v) is 3.23. The second-order valence-electron chi connectivity index (χ2n) is 6.66. The maximum absolute atomic E-state index is 12.8. The first-order valence-corrected chi connectivity index (χ1v) is 9.13. The number of methoxy groups -OCH3 is 1. The minimum atomic E-state index is -0.335. The molecule has 0 fully saturated rings. The molecular weight excluding hydrogens is 374 g/mol. The summed E-state index contributed by atoms with van der Waals surface area (Å²) in [5.74, 6) is 1.34. The number of ether oxygens (including phenoxy) is 1. The molecule has 9 heteroatoms. The minimum Gasteiger partial charge on any atom is -0.496 e. The summed E-state index contributed by atoms with van der Waals surface area (Å²) < 4.78 is 14.8. The van der Waals surface area contributed by atoms with Gasteiger partial charge in [-0.1, -0.05) is 23.4 Å². The summed E-state index contributed by atoms with van der Waals surface area (Å²) in [5.41, 5.74) is 2.03. The zero-order valence-corrected chi connectivity index (χ0v) is 16.1. The molecule has 0 atom stereocenters. The lowest BCUT2D eigenvalue weighted by Crippen LogP contribution is -2.23. The van der Waals surface area contributed by atoms with Gasteiger partial charge in [0.25, 0.3) is 0 Å². The largest absolute Gasteiger partial charge is 0.496 e. The Morgan fingerprint density at radius 3 is 2.76 bits per heavy atom. The SMILES string of the molecule is COc1ccccc1CCn1cc(O)n(-c2cnn(Cc3cnoc3C)c2)c1=O. The van der Waals surface area contributed by atoms with E-state index in [1.807, 2.05) is 31.2 Å². The average molecular weight is 395 g/mol. The molecule has 4 aromatic rings. The van der Waals surface area contributed by atoms with Crippen LogP contribution < -0.4 is 10.4 Å². The van der Waals surface area contributed by atoms with Gasteiger partial charge in [-0.05, 0) is 25.0 Å². The van der Waals surface area contributed by atoms with E-state index in [1.165, 1.54) is 21.5 Å². The van der Waals surface area contributed by atoms with Gasteiger partial charge in [-0.2, -0.15) is 5.10 Å². The van der Waals surface area contributed by atoms with Crippen LogP contribution in [0.15, 0.2) is 58.4 Å². The summed E-state index contributed by atoms with van der Waals surface area (Å²) >= 11 is 0. The standard InChI is InChI=1S/C20H21N5O4/c1-14-16(9-22-29-14)11-24-12-17(10-21-24)25-19(26)13-23(20(25)27)8-7-15-5-3-4-6-18(15)28-2/h3-6,9-10,12-13,26H,7-8,11H2,1-2H3. The highest BCUT2D eigenvalue weighted by Crippen LogP contribution is 2.19. The number of hydrogen-bond donors (Lipinski definition) is 1. The van der Waals surface area contributed by atoms with Crippen LogP contribution in [0.25, 0.3) is 5.69 Å². The van der Waals surface area contributed by atoms with Crippen LogP contribution >= 0.6 is 0 Å². The van der Waals surface area contributed by atoms with Gasteiger partial charge in [0.05, 0.1) is 37.9 Å². The molecule has 150 valence electrons. The molecule has 0 unspecified atom stereocenters. The third kappa shape index (κ3) is 3.66. The quantitative estimate of drug-likeness (QED) is 0.515. The van der Waals surface area contributed by atoms with E-state index in [0.29, 0.717) is 31.0 Å². The van der Waals surface area contributed by atoms with Gasteiger partial charge < -0.3 is 14.4 Å². The monoisotopic (exact) mass is 395 g/mol. The van der Waals surface area contributed by atoms with Crippen LogP contribution in [0, 0.1) is 6.92 Å². The first kappa shape index (κ1) is 18.6. The Bertz CT molecular complexity index is 1180. The topological polar surface area (TPSA) is 100 Å². The summed E-state index contributed by atoms with van der Waals surface area (Å²) in [4.78, 5) is 12.8. The maximum Gasteiger partial charge on any atom is 0.335 e. The van der Waals surface area contributed by atoms with Crippen LogP contribution in [0.5, 0.6) is 11.6 Å². The van der Waals surface area contributed by atoms with Gasteiger partial charge in [-0.25, -0.2) is 9.36 Å². The predicted octanol–water partition coefficient (Wildman–Crippen LogP) is 2.14. The average Bonchev–Trinajstić information content (AvgIpc) is 3.41. The van der Waals surface area contributed by atoms with Crippen LogP contribution in [0.2, 0.25) is 0 Å². The van der Waals surface area contributed by atoms with Crippen molar-refractivity contribution < 1.29 is 14.4 Å². The molecule has 29 heavy (non-hydrogen) atoms. The Morgan fingerprint density at radius 2 is 2.00 bits per heavy atom. The normalized spacial score (nSPS) is 11.1. The second kappa shape index (κ2) is 7.70. The Balaban J connectivity index is 1.55. The lowest BCUT2D eigenvalue weighted by atomic mass is 10.1. The third-order valence-corrected chi connectivity index (χ3v) is 4.81. The van der Waals surface area contributed by atoms with Crippen molar-refractivity contribution in [1.82, 2.24) is 24.1 Å². The van der Waals surface area contributed by atoms with Gasteiger partial charge >= 0.3 is 5.69 Å². The number of aromatic hydroxyl groups is 1. The van der Waals surface area contributed by atoms with E-state index >= 15 is 0 Å². The molecule has 0 radical (unpaired) electrons. The first-order chi connectivity index (χ1) is 14.1. The number of aryl methyl sites for hydroxylation is 3. The number of para-hydroxylation sites is 1. The Kier molecular flexibility index (Phi) is 4.94. The van der Waals surface area contributed by atoms with E-state index in [9.17, 15) is 9.90 Å². The zero-order chi connectivity index (χ0) is 20.4. The number of hydrogen-bond acceptors (Lipinski definition) is 6. The molecule has 0 aliphatic heterocycles. The maximum atomic E-state index is 12.8. The lowest BCUT2D eigenvalue weighted by Gasteiger charge is -2.07. The van der Waals surface area contributed by atoms with Crippen LogP contribution in [-0.2, 0) is 19.5 Å². The molecule has 3 aromatic heterocycles. The zero-order valence-electron chi connectivity index (χ0n) is 16.1. The van der Waals surface area contributed by atoms with E-state index < -0.39 is 0 Å². The molecule has 0 saturated carbocycles. The number of imidazole rings is 1. The summed E-state index contributed by atoms with van der Waals surface area (Å²) in [6, 6.07) is 7.66. The first-order valence-electron chi connectivity index (χ1n) is 9.13. The fraction of sp³-hybridized carbons (Fsp3) is 0.250. The molecule has 1 N–H and O–H groups in total. The van der Waals surface area contributed by atoms with Crippen molar-refractivity contribution in [2.75, 3.05) is 7.11 Å². The lowest BCUT2D eigenvalue weighted by molar-refractivity contribution is 0.395. The van der Waals surface area contributed by atoms with E-state index in [2.05, 4.69) is 10.3 Å². The van der Waals surface area contributed by atoms with Gasteiger partial charge in [-0.3, -0.25) is 9.25 Å². The molecule has 0 saturated heterocycles. The van der Waals surface area contributed by atoms with Crippen molar-refractivity contribution in [2.24, 2.45) is 0 Å². The van der Waals surface area contributed by atoms with Crippen LogP contribution in [0.1, 0.15) is 16.9 Å². The summed E-state index contributed by atoms with van der Waals surface area (Å²) in [5, 5.41) is 18.3. The van der Waals surface area contributed by atoms with E-state index in [-0.39, 0.29) is 11.6 Å².